The van der Waals surface area contributed by atoms with Crippen LogP contribution < -0.4 is 5.73 Å². The van der Waals surface area contributed by atoms with E-state index >= 15 is 0 Å². The standard InChI is InChI=1S/C8H8N4O/c1-5-3-2-4-10-6(5)7-11-8(9)12-13-7/h2-4H,1H3,(H2,9,12). The van der Waals surface area contributed by atoms with Gasteiger partial charge in [-0.05, 0) is 23.7 Å². The second kappa shape index (κ2) is 2.85. The van der Waals surface area contributed by atoms with Gasteiger partial charge in [0, 0.05) is 6.20 Å². The number of rotatable bonds is 1. The lowest BCUT2D eigenvalue weighted by Crippen LogP contribution is -1.88. The summed E-state index contributed by atoms with van der Waals surface area (Å²) in [7, 11) is 0. The van der Waals surface area contributed by atoms with E-state index in [1.165, 1.54) is 0 Å². The summed E-state index contributed by atoms with van der Waals surface area (Å²) in [6.07, 6.45) is 1.67. The Balaban J connectivity index is 2.52. The molecular weight excluding hydrogens is 168 g/mol. The van der Waals surface area contributed by atoms with Gasteiger partial charge >= 0.3 is 0 Å². The van der Waals surface area contributed by atoms with Gasteiger partial charge in [-0.25, -0.2) is 0 Å². The Labute approximate surface area is 74.6 Å². The topological polar surface area (TPSA) is 77.8 Å². The average Bonchev–Trinajstić information content (AvgIpc) is 2.53. The third kappa shape index (κ3) is 1.35. The number of hydrogen-bond donors (Lipinski definition) is 1. The molecule has 0 bridgehead atoms. The molecule has 0 spiro atoms. The van der Waals surface area contributed by atoms with Crippen LogP contribution in [0, 0.1) is 6.92 Å². The van der Waals surface area contributed by atoms with Crippen molar-refractivity contribution in [1.82, 2.24) is 15.1 Å². The molecule has 2 heterocycles. The Morgan fingerprint density at radius 2 is 2.31 bits per heavy atom. The highest BCUT2D eigenvalue weighted by Gasteiger charge is 2.09. The second-order valence-electron chi connectivity index (χ2n) is 2.63. The van der Waals surface area contributed by atoms with Crippen molar-refractivity contribution in [3.05, 3.63) is 23.9 Å². The predicted octanol–water partition coefficient (Wildman–Crippen LogP) is 1.02. The minimum Gasteiger partial charge on any atom is -0.365 e. The van der Waals surface area contributed by atoms with Crippen LogP contribution in [0.4, 0.5) is 5.95 Å². The zero-order chi connectivity index (χ0) is 9.26. The largest absolute Gasteiger partial charge is 0.365 e. The predicted molar refractivity (Wildman–Crippen MR) is 46.7 cm³/mol. The molecule has 0 saturated carbocycles. The van der Waals surface area contributed by atoms with Gasteiger partial charge in [0.05, 0.1) is 0 Å². The maximum absolute atomic E-state index is 5.32. The molecule has 0 aromatic carbocycles. The summed E-state index contributed by atoms with van der Waals surface area (Å²) in [5.41, 5.74) is 6.97. The molecule has 0 fully saturated rings. The summed E-state index contributed by atoms with van der Waals surface area (Å²) in [6, 6.07) is 3.77. The molecule has 0 amide bonds. The number of nitrogens with two attached hydrogens (primary N) is 1. The van der Waals surface area contributed by atoms with E-state index in [-0.39, 0.29) is 5.95 Å². The Bertz CT molecular complexity index is 424. The molecule has 0 unspecified atom stereocenters. The molecule has 0 saturated heterocycles. The molecule has 2 rings (SSSR count). The quantitative estimate of drug-likeness (QED) is 0.701. The molecule has 5 nitrogen and oxygen atoms in total. The van der Waals surface area contributed by atoms with Crippen LogP contribution in [0.15, 0.2) is 22.9 Å². The van der Waals surface area contributed by atoms with E-state index in [1.807, 2.05) is 19.1 Å². The number of pyridine rings is 1. The van der Waals surface area contributed by atoms with Crippen LogP contribution >= 0.6 is 0 Å². The molecule has 2 aromatic heterocycles. The molecule has 2 aromatic rings. The number of anilines is 1. The fourth-order valence-corrected chi connectivity index (χ4v) is 1.04. The van der Waals surface area contributed by atoms with Crippen LogP contribution in [0.5, 0.6) is 0 Å². The fraction of sp³-hybridized carbons (Fsp3) is 0.125. The normalized spacial score (nSPS) is 10.2. The van der Waals surface area contributed by atoms with Gasteiger partial charge < -0.3 is 10.3 Å². The van der Waals surface area contributed by atoms with Crippen LogP contribution in [0.1, 0.15) is 5.56 Å². The SMILES string of the molecule is Cc1cccnc1-c1nc(N)no1. The van der Waals surface area contributed by atoms with Crippen molar-refractivity contribution in [2.75, 3.05) is 5.73 Å². The molecular formula is C8H8N4O. The van der Waals surface area contributed by atoms with Crippen molar-refractivity contribution in [2.45, 2.75) is 6.92 Å². The van der Waals surface area contributed by atoms with Crippen molar-refractivity contribution in [3.63, 3.8) is 0 Å². The first-order valence-electron chi connectivity index (χ1n) is 3.78. The highest BCUT2D eigenvalue weighted by Crippen LogP contribution is 2.18. The van der Waals surface area contributed by atoms with Crippen molar-refractivity contribution in [2.24, 2.45) is 0 Å². The molecule has 0 aliphatic carbocycles. The van der Waals surface area contributed by atoms with Gasteiger partial charge in [0.1, 0.15) is 5.69 Å². The van der Waals surface area contributed by atoms with E-state index in [2.05, 4.69) is 15.1 Å². The minimum atomic E-state index is 0.125. The van der Waals surface area contributed by atoms with E-state index in [9.17, 15) is 0 Å². The van der Waals surface area contributed by atoms with Crippen molar-refractivity contribution >= 4 is 5.95 Å². The fourth-order valence-electron chi connectivity index (χ4n) is 1.04. The minimum absolute atomic E-state index is 0.125. The van der Waals surface area contributed by atoms with Crippen LogP contribution in [0.3, 0.4) is 0 Å². The van der Waals surface area contributed by atoms with Gasteiger partial charge in [-0.2, -0.15) is 4.98 Å². The second-order valence-corrected chi connectivity index (χ2v) is 2.63. The highest BCUT2D eigenvalue weighted by atomic mass is 16.5. The number of nitrogens with zero attached hydrogens (tertiary/aromatic N) is 3. The molecule has 0 atom stereocenters. The number of aryl methyl sites for hydroxylation is 1. The summed E-state index contributed by atoms with van der Waals surface area (Å²) in [5.74, 6) is 0.482. The summed E-state index contributed by atoms with van der Waals surface area (Å²) in [6.45, 7) is 1.92. The smallest absolute Gasteiger partial charge is 0.278 e. The Morgan fingerprint density at radius 1 is 1.46 bits per heavy atom. The molecule has 66 valence electrons. The monoisotopic (exact) mass is 176 g/mol. The number of aromatic nitrogens is 3. The van der Waals surface area contributed by atoms with Gasteiger partial charge in [0.2, 0.25) is 0 Å². The zero-order valence-electron chi connectivity index (χ0n) is 7.06. The first kappa shape index (κ1) is 7.72. The Morgan fingerprint density at radius 3 is 2.92 bits per heavy atom. The number of nitrogen functional groups attached to an aromatic ring is 1. The van der Waals surface area contributed by atoms with Crippen molar-refractivity contribution in [1.29, 1.82) is 0 Å². The van der Waals surface area contributed by atoms with Gasteiger partial charge in [0.25, 0.3) is 11.8 Å². The van der Waals surface area contributed by atoms with Gasteiger partial charge in [-0.15, -0.1) is 0 Å². The molecule has 2 N–H and O–H groups in total. The van der Waals surface area contributed by atoms with Gasteiger partial charge in [-0.3, -0.25) is 4.98 Å². The van der Waals surface area contributed by atoms with E-state index < -0.39 is 0 Å². The lowest BCUT2D eigenvalue weighted by Gasteiger charge is -1.96. The third-order valence-electron chi connectivity index (χ3n) is 1.65. The van der Waals surface area contributed by atoms with Crippen LogP contribution in [0.25, 0.3) is 11.6 Å². The lowest BCUT2D eigenvalue weighted by molar-refractivity contribution is 0.431. The van der Waals surface area contributed by atoms with E-state index in [0.717, 1.165) is 5.56 Å². The van der Waals surface area contributed by atoms with E-state index in [0.29, 0.717) is 11.6 Å². The molecule has 0 aliphatic heterocycles. The van der Waals surface area contributed by atoms with Crippen molar-refractivity contribution in [3.8, 4) is 11.6 Å². The maximum atomic E-state index is 5.32. The van der Waals surface area contributed by atoms with E-state index in [1.54, 1.807) is 6.20 Å². The molecule has 5 heteroatoms. The maximum Gasteiger partial charge on any atom is 0.278 e. The highest BCUT2D eigenvalue weighted by molar-refractivity contribution is 5.52. The van der Waals surface area contributed by atoms with E-state index in [4.69, 9.17) is 10.3 Å². The van der Waals surface area contributed by atoms with Crippen molar-refractivity contribution < 1.29 is 4.52 Å². The third-order valence-corrected chi connectivity index (χ3v) is 1.65. The first-order valence-corrected chi connectivity index (χ1v) is 3.78. The summed E-state index contributed by atoms with van der Waals surface area (Å²) in [4.78, 5) is 7.99. The Hall–Kier alpha value is -1.91. The van der Waals surface area contributed by atoms with Gasteiger partial charge in [0.15, 0.2) is 0 Å². The van der Waals surface area contributed by atoms with Crippen LogP contribution in [-0.2, 0) is 0 Å². The lowest BCUT2D eigenvalue weighted by atomic mass is 10.2. The summed E-state index contributed by atoms with van der Waals surface area (Å²) in [5, 5.41) is 3.49. The first-order chi connectivity index (χ1) is 6.27. The van der Waals surface area contributed by atoms with Crippen LogP contribution in [0.2, 0.25) is 0 Å². The molecule has 0 aliphatic rings. The molecule has 0 radical (unpaired) electrons. The van der Waals surface area contributed by atoms with Gasteiger partial charge in [-0.1, -0.05) is 6.07 Å². The Kier molecular flexibility index (Phi) is 1.70. The van der Waals surface area contributed by atoms with Crippen LogP contribution in [-0.4, -0.2) is 15.1 Å². The number of hydrogen-bond acceptors (Lipinski definition) is 5. The molecule has 13 heavy (non-hydrogen) atoms. The summed E-state index contributed by atoms with van der Waals surface area (Å²) >= 11 is 0. The summed E-state index contributed by atoms with van der Waals surface area (Å²) < 4.78 is 4.88. The average molecular weight is 176 g/mol. The zero-order valence-corrected chi connectivity index (χ0v) is 7.06.